The van der Waals surface area contributed by atoms with Crippen molar-refractivity contribution in [1.29, 1.82) is 0 Å². The van der Waals surface area contributed by atoms with Crippen LogP contribution in [0.4, 0.5) is 4.39 Å². The van der Waals surface area contributed by atoms with E-state index in [1.54, 1.807) is 16.8 Å². The molecule has 0 aliphatic carbocycles. The highest BCUT2D eigenvalue weighted by Gasteiger charge is 2.12. The maximum absolute atomic E-state index is 13.3. The summed E-state index contributed by atoms with van der Waals surface area (Å²) in [6.45, 7) is 1.96. The van der Waals surface area contributed by atoms with Gasteiger partial charge >= 0.3 is 0 Å². The van der Waals surface area contributed by atoms with Gasteiger partial charge in [-0.15, -0.1) is 0 Å². The zero-order valence-corrected chi connectivity index (χ0v) is 11.1. The number of rotatable bonds is 3. The number of benzene rings is 1. The van der Waals surface area contributed by atoms with Gasteiger partial charge in [-0.1, -0.05) is 17.7 Å². The smallest absolute Gasteiger partial charge is 0.142 e. The molecule has 1 aromatic carbocycles. The Labute approximate surface area is 110 Å². The Morgan fingerprint density at radius 1 is 1.44 bits per heavy atom. The molecule has 0 spiro atoms. The van der Waals surface area contributed by atoms with Crippen LogP contribution in [0.15, 0.2) is 24.3 Å². The molecule has 0 aliphatic heterocycles. The number of nitrogens with zero attached hydrogens (tertiary/aromatic N) is 2. The highest BCUT2D eigenvalue weighted by molar-refractivity contribution is 6.30. The van der Waals surface area contributed by atoms with E-state index in [2.05, 4.69) is 5.10 Å². The molecule has 3 nitrogen and oxygen atoms in total. The van der Waals surface area contributed by atoms with E-state index < -0.39 is 5.82 Å². The van der Waals surface area contributed by atoms with E-state index in [0.29, 0.717) is 6.42 Å². The summed E-state index contributed by atoms with van der Waals surface area (Å²) in [5.74, 6) is -0.418. The first kappa shape index (κ1) is 13.1. The van der Waals surface area contributed by atoms with Crippen molar-refractivity contribution >= 4 is 11.6 Å². The van der Waals surface area contributed by atoms with Gasteiger partial charge in [0.25, 0.3) is 0 Å². The van der Waals surface area contributed by atoms with E-state index in [1.807, 2.05) is 20.0 Å². The molecule has 18 heavy (non-hydrogen) atoms. The van der Waals surface area contributed by atoms with Gasteiger partial charge in [0.05, 0.1) is 16.8 Å². The first-order valence-electron chi connectivity index (χ1n) is 5.67. The van der Waals surface area contributed by atoms with E-state index in [-0.39, 0.29) is 11.1 Å². The third-order valence-electron chi connectivity index (χ3n) is 2.95. The molecule has 0 fully saturated rings. The molecule has 2 aromatic rings. The fourth-order valence-corrected chi connectivity index (χ4v) is 1.91. The number of hydrogen-bond acceptors (Lipinski definition) is 2. The summed E-state index contributed by atoms with van der Waals surface area (Å²) in [6.07, 6.45) is 0.532. The summed E-state index contributed by atoms with van der Waals surface area (Å²) in [6, 6.07) is 6.43. The Morgan fingerprint density at radius 3 is 2.72 bits per heavy atom. The lowest BCUT2D eigenvalue weighted by Gasteiger charge is -2.09. The van der Waals surface area contributed by atoms with Crippen LogP contribution in [-0.4, -0.2) is 9.78 Å². The van der Waals surface area contributed by atoms with Gasteiger partial charge in [0.2, 0.25) is 0 Å². The van der Waals surface area contributed by atoms with E-state index in [1.165, 1.54) is 6.07 Å². The van der Waals surface area contributed by atoms with Gasteiger partial charge in [0.1, 0.15) is 5.82 Å². The van der Waals surface area contributed by atoms with E-state index in [9.17, 15) is 4.39 Å². The van der Waals surface area contributed by atoms with E-state index >= 15 is 0 Å². The van der Waals surface area contributed by atoms with Gasteiger partial charge in [-0.3, -0.25) is 4.68 Å². The second-order valence-electron chi connectivity index (χ2n) is 4.39. The van der Waals surface area contributed by atoms with E-state index in [0.717, 1.165) is 17.0 Å². The lowest BCUT2D eigenvalue weighted by atomic mass is 10.0. The Hall–Kier alpha value is -1.39. The van der Waals surface area contributed by atoms with Crippen molar-refractivity contribution in [3.63, 3.8) is 0 Å². The summed E-state index contributed by atoms with van der Waals surface area (Å²) in [5, 5.41) is 4.44. The monoisotopic (exact) mass is 267 g/mol. The number of hydrogen-bond donors (Lipinski definition) is 1. The number of aryl methyl sites for hydroxylation is 2. The van der Waals surface area contributed by atoms with Crippen LogP contribution in [0.3, 0.4) is 0 Å². The molecule has 2 rings (SSSR count). The van der Waals surface area contributed by atoms with Gasteiger partial charge < -0.3 is 5.73 Å². The van der Waals surface area contributed by atoms with Crippen molar-refractivity contribution < 1.29 is 4.39 Å². The molecule has 0 radical (unpaired) electrons. The molecule has 1 atom stereocenters. The molecular weight excluding hydrogens is 253 g/mol. The van der Waals surface area contributed by atoms with Crippen molar-refractivity contribution in [1.82, 2.24) is 9.78 Å². The number of aromatic nitrogens is 2. The summed E-state index contributed by atoms with van der Waals surface area (Å²) in [5.41, 5.74) is 8.73. The Balaban J connectivity index is 2.15. The zero-order valence-electron chi connectivity index (χ0n) is 10.3. The van der Waals surface area contributed by atoms with Crippen molar-refractivity contribution in [2.75, 3.05) is 0 Å². The molecule has 96 valence electrons. The first-order chi connectivity index (χ1) is 8.47. The van der Waals surface area contributed by atoms with Crippen molar-refractivity contribution in [2.45, 2.75) is 19.4 Å². The molecule has 0 saturated carbocycles. The fourth-order valence-electron chi connectivity index (χ4n) is 1.79. The Morgan fingerprint density at radius 2 is 2.17 bits per heavy atom. The van der Waals surface area contributed by atoms with Gasteiger partial charge in [0, 0.05) is 12.7 Å². The minimum absolute atomic E-state index is 0.126. The molecule has 1 aromatic heterocycles. The topological polar surface area (TPSA) is 43.8 Å². The SMILES string of the molecule is Cc1cc(C(N)Cc2ccc(Cl)c(F)c2)nn1C. The van der Waals surface area contributed by atoms with Crippen LogP contribution < -0.4 is 5.73 Å². The number of nitrogens with two attached hydrogens (primary N) is 1. The first-order valence-corrected chi connectivity index (χ1v) is 6.05. The lowest BCUT2D eigenvalue weighted by Crippen LogP contribution is -2.14. The standard InChI is InChI=1S/C13H15ClFN3/c1-8-5-13(17-18(8)2)12(16)7-9-3-4-10(14)11(15)6-9/h3-6,12H,7,16H2,1-2H3. The number of halogens is 2. The molecule has 0 bridgehead atoms. The van der Waals surface area contributed by atoms with Crippen LogP contribution in [0.25, 0.3) is 0 Å². The maximum atomic E-state index is 13.3. The predicted molar refractivity (Wildman–Crippen MR) is 70.0 cm³/mol. The molecular formula is C13H15ClFN3. The van der Waals surface area contributed by atoms with E-state index in [4.69, 9.17) is 17.3 Å². The highest BCUT2D eigenvalue weighted by atomic mass is 35.5. The molecule has 0 saturated heterocycles. The van der Waals surface area contributed by atoms with Crippen LogP contribution in [0.2, 0.25) is 5.02 Å². The average Bonchev–Trinajstić information content (AvgIpc) is 2.65. The fraction of sp³-hybridized carbons (Fsp3) is 0.308. The summed E-state index contributed by atoms with van der Waals surface area (Å²) >= 11 is 5.64. The van der Waals surface area contributed by atoms with Crippen LogP contribution >= 0.6 is 11.6 Å². The summed E-state index contributed by atoms with van der Waals surface area (Å²) in [4.78, 5) is 0. The second kappa shape index (κ2) is 5.08. The van der Waals surface area contributed by atoms with Crippen LogP contribution in [0, 0.1) is 12.7 Å². The van der Waals surface area contributed by atoms with Crippen LogP contribution in [-0.2, 0) is 13.5 Å². The second-order valence-corrected chi connectivity index (χ2v) is 4.80. The van der Waals surface area contributed by atoms with Gasteiger partial charge in [-0.05, 0) is 37.1 Å². The average molecular weight is 268 g/mol. The Kier molecular flexibility index (Phi) is 3.68. The molecule has 0 aliphatic rings. The molecule has 1 unspecified atom stereocenters. The lowest BCUT2D eigenvalue weighted by molar-refractivity contribution is 0.618. The normalized spacial score (nSPS) is 12.7. The summed E-state index contributed by atoms with van der Waals surface area (Å²) in [7, 11) is 1.87. The quantitative estimate of drug-likeness (QED) is 0.929. The van der Waals surface area contributed by atoms with Gasteiger partial charge in [-0.25, -0.2) is 4.39 Å². The third kappa shape index (κ3) is 2.71. The van der Waals surface area contributed by atoms with Crippen molar-refractivity contribution in [3.8, 4) is 0 Å². The third-order valence-corrected chi connectivity index (χ3v) is 3.26. The molecule has 1 heterocycles. The van der Waals surface area contributed by atoms with Gasteiger partial charge in [0.15, 0.2) is 0 Å². The minimum atomic E-state index is -0.418. The summed E-state index contributed by atoms with van der Waals surface area (Å²) < 4.78 is 15.1. The van der Waals surface area contributed by atoms with Crippen molar-refractivity contribution in [2.24, 2.45) is 12.8 Å². The maximum Gasteiger partial charge on any atom is 0.142 e. The van der Waals surface area contributed by atoms with Crippen LogP contribution in [0.1, 0.15) is 23.0 Å². The van der Waals surface area contributed by atoms with Crippen molar-refractivity contribution in [3.05, 3.63) is 52.1 Å². The largest absolute Gasteiger partial charge is 0.322 e. The minimum Gasteiger partial charge on any atom is -0.322 e. The predicted octanol–water partition coefficient (Wildman–Crippen LogP) is 2.76. The zero-order chi connectivity index (χ0) is 13.3. The highest BCUT2D eigenvalue weighted by Crippen LogP contribution is 2.20. The van der Waals surface area contributed by atoms with Crippen LogP contribution in [0.5, 0.6) is 0 Å². The Bertz CT molecular complexity index is 546. The molecule has 5 heteroatoms. The molecule has 2 N–H and O–H groups in total. The van der Waals surface area contributed by atoms with Gasteiger partial charge in [-0.2, -0.15) is 5.10 Å². The molecule has 0 amide bonds.